The number of aromatic nitrogens is 4. The van der Waals surface area contributed by atoms with Crippen LogP contribution in [0.2, 0.25) is 0 Å². The molecule has 8 nitrogen and oxygen atoms in total. The molecule has 2 bridgehead atoms. The molecule has 2 aliphatic heterocycles. The summed E-state index contributed by atoms with van der Waals surface area (Å²) in [6, 6.07) is 8.79. The first-order valence-electron chi connectivity index (χ1n) is 11.7. The van der Waals surface area contributed by atoms with Gasteiger partial charge in [-0.1, -0.05) is 6.92 Å². The van der Waals surface area contributed by atoms with Crippen molar-refractivity contribution in [3.05, 3.63) is 36.2 Å². The largest absolute Gasteiger partial charge is 0.367 e. The Morgan fingerprint density at radius 2 is 2.06 bits per heavy atom. The molecule has 4 atom stereocenters. The third-order valence-corrected chi connectivity index (χ3v) is 7.92. The zero-order chi connectivity index (χ0) is 22.9. The minimum atomic E-state index is 0.0720. The fourth-order valence-electron chi connectivity index (χ4n) is 5.32. The number of fused-ring (bicyclic) bond motifs is 3. The van der Waals surface area contributed by atoms with Crippen LogP contribution < -0.4 is 10.6 Å². The van der Waals surface area contributed by atoms with Gasteiger partial charge in [0.2, 0.25) is 5.91 Å². The number of nitrogens with one attached hydrogen (secondary N) is 3. The van der Waals surface area contributed by atoms with Crippen LogP contribution in [0.4, 0.5) is 17.5 Å². The van der Waals surface area contributed by atoms with Crippen molar-refractivity contribution < 1.29 is 4.79 Å². The lowest BCUT2D eigenvalue weighted by Gasteiger charge is -2.40. The molecule has 5 rings (SSSR count). The Morgan fingerprint density at radius 3 is 2.73 bits per heavy atom. The molecule has 0 aromatic carbocycles. The van der Waals surface area contributed by atoms with E-state index >= 15 is 0 Å². The van der Waals surface area contributed by atoms with E-state index < -0.39 is 0 Å². The lowest BCUT2D eigenvalue weighted by atomic mass is 9.96. The molecule has 5 heterocycles. The normalized spacial score (nSPS) is 23.0. The van der Waals surface area contributed by atoms with E-state index in [0.29, 0.717) is 23.8 Å². The van der Waals surface area contributed by atoms with Crippen molar-refractivity contribution in [2.45, 2.75) is 69.3 Å². The Kier molecular flexibility index (Phi) is 6.14. The van der Waals surface area contributed by atoms with Crippen molar-refractivity contribution in [2.24, 2.45) is 0 Å². The number of nitrogens with zero attached hydrogens (tertiary/aromatic N) is 4. The molecule has 3 N–H and O–H groups in total. The number of carbonyl (C=O) groups excluding carboxylic acids is 1. The molecule has 2 unspecified atom stereocenters. The first-order valence-corrected chi connectivity index (χ1v) is 13.0. The van der Waals surface area contributed by atoms with Crippen LogP contribution in [0, 0.1) is 6.92 Å². The van der Waals surface area contributed by atoms with Gasteiger partial charge in [0.05, 0.1) is 10.8 Å². The van der Waals surface area contributed by atoms with Crippen molar-refractivity contribution in [1.29, 1.82) is 0 Å². The quantitative estimate of drug-likeness (QED) is 0.473. The minimum Gasteiger partial charge on any atom is -0.367 e. The smallest absolute Gasteiger partial charge is 0.236 e. The van der Waals surface area contributed by atoms with E-state index in [4.69, 9.17) is 4.98 Å². The third kappa shape index (κ3) is 4.38. The van der Waals surface area contributed by atoms with E-state index in [1.807, 2.05) is 31.4 Å². The van der Waals surface area contributed by atoms with Gasteiger partial charge < -0.3 is 15.5 Å². The van der Waals surface area contributed by atoms with Crippen LogP contribution in [0.25, 0.3) is 10.9 Å². The summed E-state index contributed by atoms with van der Waals surface area (Å²) in [4.78, 5) is 24.8. The first-order chi connectivity index (χ1) is 16.1. The van der Waals surface area contributed by atoms with Crippen molar-refractivity contribution in [3.63, 3.8) is 0 Å². The second-order valence-electron chi connectivity index (χ2n) is 9.06. The number of H-pyrrole nitrogens is 1. The minimum absolute atomic E-state index is 0.0720. The summed E-state index contributed by atoms with van der Waals surface area (Å²) in [7, 11) is 0. The zero-order valence-corrected chi connectivity index (χ0v) is 20.2. The van der Waals surface area contributed by atoms with Crippen molar-refractivity contribution >= 4 is 46.0 Å². The number of hydrogen-bond donors (Lipinski definition) is 3. The van der Waals surface area contributed by atoms with Gasteiger partial charge >= 0.3 is 0 Å². The summed E-state index contributed by atoms with van der Waals surface area (Å²) in [6.45, 7) is 4.07. The van der Waals surface area contributed by atoms with Gasteiger partial charge in [0, 0.05) is 47.5 Å². The summed E-state index contributed by atoms with van der Waals surface area (Å²) in [5, 5.41) is 15.3. The molecular weight excluding hydrogens is 434 g/mol. The first kappa shape index (κ1) is 22.0. The van der Waals surface area contributed by atoms with Crippen LogP contribution in [-0.2, 0) is 4.79 Å². The zero-order valence-electron chi connectivity index (χ0n) is 19.3. The number of carbonyl (C=O) groups is 1. The highest BCUT2D eigenvalue weighted by atomic mass is 32.2. The number of rotatable bonds is 7. The molecule has 9 heteroatoms. The van der Waals surface area contributed by atoms with E-state index in [1.165, 1.54) is 0 Å². The second-order valence-corrected chi connectivity index (χ2v) is 10.1. The summed E-state index contributed by atoms with van der Waals surface area (Å²) in [5.74, 6) is 2.58. The molecule has 0 radical (unpaired) electrons. The van der Waals surface area contributed by atoms with Crippen LogP contribution >= 0.6 is 11.8 Å². The summed E-state index contributed by atoms with van der Waals surface area (Å²) in [6.07, 6.45) is 8.81. The summed E-state index contributed by atoms with van der Waals surface area (Å²) in [5.41, 5.74) is 1.87. The van der Waals surface area contributed by atoms with Crippen LogP contribution in [0.5, 0.6) is 0 Å². The number of piperidine rings is 1. The topological polar surface area (TPSA) is 98.8 Å². The van der Waals surface area contributed by atoms with Gasteiger partial charge in [0.15, 0.2) is 5.82 Å². The van der Waals surface area contributed by atoms with Crippen LogP contribution in [-0.4, -0.2) is 60.6 Å². The van der Waals surface area contributed by atoms with Crippen LogP contribution in [0.1, 0.15) is 44.7 Å². The van der Waals surface area contributed by atoms with E-state index in [1.54, 1.807) is 18.0 Å². The van der Waals surface area contributed by atoms with E-state index in [2.05, 4.69) is 43.7 Å². The third-order valence-electron chi connectivity index (χ3n) is 6.82. The maximum atomic E-state index is 13.1. The number of aromatic amines is 1. The highest BCUT2D eigenvalue weighted by molar-refractivity contribution is 7.99. The maximum absolute atomic E-state index is 13.1. The molecule has 174 valence electrons. The van der Waals surface area contributed by atoms with Crippen LogP contribution in [0.3, 0.4) is 0 Å². The Balaban J connectivity index is 1.37. The lowest BCUT2D eigenvalue weighted by Crippen LogP contribution is -2.52. The maximum Gasteiger partial charge on any atom is 0.236 e. The fraction of sp³-hybridized carbons (Fsp3) is 0.500. The number of pyridine rings is 2. The van der Waals surface area contributed by atoms with Gasteiger partial charge in [-0.15, -0.1) is 0 Å². The van der Waals surface area contributed by atoms with Crippen molar-refractivity contribution in [3.8, 4) is 0 Å². The number of thioether (sulfide) groups is 1. The molecule has 1 amide bonds. The average Bonchev–Trinajstić information content (AvgIpc) is 3.34. The lowest BCUT2D eigenvalue weighted by molar-refractivity contribution is -0.135. The predicted octanol–water partition coefficient (Wildman–Crippen LogP) is 4.48. The van der Waals surface area contributed by atoms with E-state index in [9.17, 15) is 4.79 Å². The van der Waals surface area contributed by atoms with Crippen molar-refractivity contribution in [2.75, 3.05) is 16.9 Å². The molecule has 0 aliphatic carbocycles. The molecule has 2 fully saturated rings. The van der Waals surface area contributed by atoms with Gasteiger partial charge in [0.1, 0.15) is 11.6 Å². The summed E-state index contributed by atoms with van der Waals surface area (Å²) < 4.78 is 0. The van der Waals surface area contributed by atoms with Gasteiger partial charge in [-0.3, -0.25) is 14.9 Å². The Labute approximate surface area is 198 Å². The fourth-order valence-corrected chi connectivity index (χ4v) is 5.98. The number of anilines is 3. The molecule has 2 saturated heterocycles. The van der Waals surface area contributed by atoms with Gasteiger partial charge in [-0.25, -0.2) is 4.98 Å². The monoisotopic (exact) mass is 465 g/mol. The Bertz CT molecular complexity index is 1130. The standard InChI is InChI=1S/C24H31N7OS/c1-4-20(33-3)24(32)31-16-7-8-17(31)12-15(11-16)26-23-18-6-5-9-25-19(18)13-21(28-23)27-22-10-14(2)29-30-22/h5-6,9-10,13,15-17,20H,4,7-8,11-12H2,1-3H3,(H3,26,27,28,29,30)/t15?,16-,17+,20?. The molecule has 3 aromatic rings. The second kappa shape index (κ2) is 9.21. The number of hydrogen-bond acceptors (Lipinski definition) is 7. The predicted molar refractivity (Wildman–Crippen MR) is 134 cm³/mol. The SMILES string of the molecule is CCC(SC)C(=O)N1[C@@H]2CC[C@H]1CC(Nc1nc(Nc3cc(C)[nH]n3)cc3ncccc13)C2. The van der Waals surface area contributed by atoms with Gasteiger partial charge in [0.25, 0.3) is 0 Å². The van der Waals surface area contributed by atoms with Gasteiger partial charge in [-0.2, -0.15) is 16.9 Å². The average molecular weight is 466 g/mol. The Hall–Kier alpha value is -2.81. The highest BCUT2D eigenvalue weighted by Crippen LogP contribution is 2.39. The number of amides is 1. The number of aryl methyl sites for hydroxylation is 1. The molecule has 2 aliphatic rings. The summed E-state index contributed by atoms with van der Waals surface area (Å²) >= 11 is 1.67. The van der Waals surface area contributed by atoms with E-state index in [0.717, 1.165) is 60.3 Å². The van der Waals surface area contributed by atoms with Gasteiger partial charge in [-0.05, 0) is 57.4 Å². The molecule has 3 aromatic heterocycles. The molecule has 0 spiro atoms. The van der Waals surface area contributed by atoms with Crippen LogP contribution in [0.15, 0.2) is 30.5 Å². The molecular formula is C24H31N7OS. The Morgan fingerprint density at radius 1 is 1.27 bits per heavy atom. The molecule has 33 heavy (non-hydrogen) atoms. The molecule has 0 saturated carbocycles. The van der Waals surface area contributed by atoms with E-state index in [-0.39, 0.29) is 11.3 Å². The highest BCUT2D eigenvalue weighted by Gasteiger charge is 2.44. The van der Waals surface area contributed by atoms with Crippen molar-refractivity contribution in [1.82, 2.24) is 25.1 Å².